The van der Waals surface area contributed by atoms with Gasteiger partial charge in [0.05, 0.1) is 12.0 Å². The summed E-state index contributed by atoms with van der Waals surface area (Å²) in [6, 6.07) is 7.71. The number of benzene rings is 1. The lowest BCUT2D eigenvalue weighted by atomic mass is 10.0. The smallest absolute Gasteiger partial charge is 0.273 e. The monoisotopic (exact) mass is 483 g/mol. The molecule has 2 heterocycles. The number of nitrogens with one attached hydrogen (secondary N) is 1. The van der Waals surface area contributed by atoms with Crippen LogP contribution in [0.15, 0.2) is 41.0 Å². The van der Waals surface area contributed by atoms with Gasteiger partial charge in [0.2, 0.25) is 0 Å². The molecule has 0 radical (unpaired) electrons. The van der Waals surface area contributed by atoms with Gasteiger partial charge >= 0.3 is 0 Å². The van der Waals surface area contributed by atoms with Crippen molar-refractivity contribution < 1.29 is 18.8 Å². The largest absolute Gasteiger partial charge is 0.467 e. The second-order valence-electron chi connectivity index (χ2n) is 8.49. The van der Waals surface area contributed by atoms with Crippen LogP contribution in [0, 0.1) is 19.8 Å². The zero-order valence-corrected chi connectivity index (χ0v) is 20.4. The average molecular weight is 484 g/mol. The van der Waals surface area contributed by atoms with Crippen LogP contribution in [-0.2, 0) is 4.79 Å². The summed E-state index contributed by atoms with van der Waals surface area (Å²) in [5.74, 6) is -1.14. The van der Waals surface area contributed by atoms with Gasteiger partial charge in [0.25, 0.3) is 17.7 Å². The first-order chi connectivity index (χ1) is 16.1. The molecule has 0 spiro atoms. The molecular formula is C24H29N5O4S. The third-order valence-electron chi connectivity index (χ3n) is 5.33. The summed E-state index contributed by atoms with van der Waals surface area (Å²) < 4.78 is 9.55. The fourth-order valence-corrected chi connectivity index (χ4v) is 4.32. The van der Waals surface area contributed by atoms with Crippen LogP contribution in [0.4, 0.5) is 11.4 Å². The van der Waals surface area contributed by atoms with Crippen LogP contribution >= 0.6 is 11.5 Å². The summed E-state index contributed by atoms with van der Waals surface area (Å²) in [4.78, 5) is 40.4. The second kappa shape index (κ2) is 10.5. The van der Waals surface area contributed by atoms with E-state index in [0.717, 1.165) is 29.1 Å². The van der Waals surface area contributed by atoms with E-state index in [0.29, 0.717) is 18.2 Å². The molecular weight excluding hydrogens is 454 g/mol. The number of carbonyl (C=O) groups excluding carboxylic acids is 3. The minimum absolute atomic E-state index is 0.0142. The lowest BCUT2D eigenvalue weighted by Crippen LogP contribution is -2.44. The topological polar surface area (TPSA) is 145 Å². The second-order valence-corrected chi connectivity index (χ2v) is 9.27. The standard InChI is InChI=1S/C24H29N5O4S/c1-13(2)9-10-27-23(31)20(17-6-5-11-33-17)29(16-8-7-14(3)12-15(16)4)24(32)21-18(25)19(22(26)30)28-34-21/h5-8,11-13,20H,9-10,25H2,1-4H3,(H2,26,30)(H,27,31)/t20-/m1/s1. The summed E-state index contributed by atoms with van der Waals surface area (Å²) in [6.07, 6.45) is 2.22. The SMILES string of the molecule is Cc1ccc(N(C(=O)c2snc(C(N)=O)c2N)[C@@H](C(=O)NCCC(C)C)c2ccco2)c(C)c1. The predicted octanol–water partition coefficient (Wildman–Crippen LogP) is 3.58. The van der Waals surface area contributed by atoms with Crippen molar-refractivity contribution in [3.63, 3.8) is 0 Å². The number of furan rings is 1. The highest BCUT2D eigenvalue weighted by molar-refractivity contribution is 7.09. The van der Waals surface area contributed by atoms with Crippen LogP contribution in [0.3, 0.4) is 0 Å². The number of hydrogen-bond donors (Lipinski definition) is 3. The van der Waals surface area contributed by atoms with E-state index in [9.17, 15) is 14.4 Å². The molecule has 0 saturated heterocycles. The van der Waals surface area contributed by atoms with Crippen LogP contribution in [0.1, 0.15) is 63.4 Å². The molecule has 10 heteroatoms. The Kier molecular flexibility index (Phi) is 7.72. The van der Waals surface area contributed by atoms with Gasteiger partial charge in [-0.05, 0) is 61.5 Å². The van der Waals surface area contributed by atoms with E-state index in [1.807, 2.05) is 26.0 Å². The molecule has 2 aromatic heterocycles. The number of primary amides is 1. The highest BCUT2D eigenvalue weighted by atomic mass is 32.1. The van der Waals surface area contributed by atoms with Crippen LogP contribution in [0.2, 0.25) is 0 Å². The average Bonchev–Trinajstić information content (AvgIpc) is 3.41. The number of amides is 3. The molecule has 0 unspecified atom stereocenters. The summed E-state index contributed by atoms with van der Waals surface area (Å²) in [5.41, 5.74) is 13.4. The maximum absolute atomic E-state index is 13.9. The third kappa shape index (κ3) is 5.28. The molecule has 3 amide bonds. The summed E-state index contributed by atoms with van der Waals surface area (Å²) in [6.45, 7) is 8.35. The van der Waals surface area contributed by atoms with E-state index in [1.165, 1.54) is 11.2 Å². The molecule has 1 aromatic carbocycles. The minimum Gasteiger partial charge on any atom is -0.467 e. The Morgan fingerprint density at radius 1 is 1.21 bits per heavy atom. The number of nitrogens with two attached hydrogens (primary N) is 2. The molecule has 0 aliphatic rings. The maximum atomic E-state index is 13.9. The number of nitrogen functional groups attached to an aromatic ring is 1. The fourth-order valence-electron chi connectivity index (χ4n) is 3.58. The van der Waals surface area contributed by atoms with Crippen molar-refractivity contribution in [1.82, 2.24) is 9.69 Å². The Balaban J connectivity index is 2.14. The Morgan fingerprint density at radius 2 is 1.94 bits per heavy atom. The van der Waals surface area contributed by atoms with Gasteiger partial charge in [0.15, 0.2) is 11.7 Å². The Morgan fingerprint density at radius 3 is 2.50 bits per heavy atom. The van der Waals surface area contributed by atoms with Crippen LogP contribution in [0.5, 0.6) is 0 Å². The van der Waals surface area contributed by atoms with Gasteiger partial charge in [-0.3, -0.25) is 19.3 Å². The molecule has 0 aliphatic carbocycles. The van der Waals surface area contributed by atoms with Gasteiger partial charge in [0, 0.05) is 12.2 Å². The number of carbonyl (C=O) groups is 3. The quantitative estimate of drug-likeness (QED) is 0.424. The first kappa shape index (κ1) is 25.0. The van der Waals surface area contributed by atoms with Crippen molar-refractivity contribution in [2.24, 2.45) is 11.7 Å². The van der Waals surface area contributed by atoms with E-state index in [2.05, 4.69) is 23.5 Å². The van der Waals surface area contributed by atoms with Gasteiger partial charge in [-0.1, -0.05) is 31.5 Å². The van der Waals surface area contributed by atoms with E-state index < -0.39 is 23.8 Å². The normalized spacial score (nSPS) is 11.9. The van der Waals surface area contributed by atoms with Crippen molar-refractivity contribution in [1.29, 1.82) is 0 Å². The van der Waals surface area contributed by atoms with Gasteiger partial charge in [0.1, 0.15) is 10.6 Å². The van der Waals surface area contributed by atoms with Crippen molar-refractivity contribution in [3.05, 3.63) is 64.1 Å². The molecule has 5 N–H and O–H groups in total. The maximum Gasteiger partial charge on any atom is 0.273 e. The zero-order valence-electron chi connectivity index (χ0n) is 19.6. The number of rotatable bonds is 9. The van der Waals surface area contributed by atoms with E-state index in [-0.39, 0.29) is 22.0 Å². The van der Waals surface area contributed by atoms with Crippen molar-refractivity contribution in [2.45, 2.75) is 40.2 Å². The fraction of sp³-hybridized carbons (Fsp3) is 0.333. The summed E-state index contributed by atoms with van der Waals surface area (Å²) in [7, 11) is 0. The Bertz CT molecular complexity index is 1190. The van der Waals surface area contributed by atoms with Crippen LogP contribution < -0.4 is 21.7 Å². The van der Waals surface area contributed by atoms with Crippen molar-refractivity contribution in [2.75, 3.05) is 17.2 Å². The molecule has 3 aromatic rings. The van der Waals surface area contributed by atoms with Gasteiger partial charge in [-0.2, -0.15) is 4.37 Å². The third-order valence-corrected chi connectivity index (χ3v) is 6.18. The number of hydrogen-bond acceptors (Lipinski definition) is 7. The van der Waals surface area contributed by atoms with Gasteiger partial charge in [-0.25, -0.2) is 0 Å². The number of anilines is 2. The first-order valence-corrected chi connectivity index (χ1v) is 11.7. The van der Waals surface area contributed by atoms with Crippen LogP contribution in [0.25, 0.3) is 0 Å². The zero-order chi connectivity index (χ0) is 25.0. The molecule has 180 valence electrons. The van der Waals surface area contributed by atoms with E-state index in [4.69, 9.17) is 15.9 Å². The first-order valence-electron chi connectivity index (χ1n) is 10.9. The molecule has 1 atom stereocenters. The van der Waals surface area contributed by atoms with Crippen molar-refractivity contribution in [3.8, 4) is 0 Å². The lowest BCUT2D eigenvalue weighted by molar-refractivity contribution is -0.122. The number of aromatic nitrogens is 1. The number of nitrogens with zero attached hydrogens (tertiary/aromatic N) is 2. The molecule has 3 rings (SSSR count). The molecule has 34 heavy (non-hydrogen) atoms. The van der Waals surface area contributed by atoms with Crippen molar-refractivity contribution >= 4 is 40.6 Å². The molecule has 0 fully saturated rings. The lowest BCUT2D eigenvalue weighted by Gasteiger charge is -2.31. The molecule has 9 nitrogen and oxygen atoms in total. The van der Waals surface area contributed by atoms with Gasteiger partial charge < -0.3 is 21.2 Å². The van der Waals surface area contributed by atoms with Crippen LogP contribution in [-0.4, -0.2) is 28.6 Å². The Labute approximate surface area is 202 Å². The predicted molar refractivity (Wildman–Crippen MR) is 132 cm³/mol. The highest BCUT2D eigenvalue weighted by Gasteiger charge is 2.38. The molecule has 0 bridgehead atoms. The van der Waals surface area contributed by atoms with E-state index >= 15 is 0 Å². The minimum atomic E-state index is -1.12. The summed E-state index contributed by atoms with van der Waals surface area (Å²) in [5, 5.41) is 2.92. The Hall–Kier alpha value is -3.66. The number of aryl methyl sites for hydroxylation is 2. The highest BCUT2D eigenvalue weighted by Crippen LogP contribution is 2.35. The van der Waals surface area contributed by atoms with Gasteiger partial charge in [-0.15, -0.1) is 0 Å². The van der Waals surface area contributed by atoms with E-state index in [1.54, 1.807) is 18.2 Å². The molecule has 0 saturated carbocycles. The molecule has 0 aliphatic heterocycles. The summed E-state index contributed by atoms with van der Waals surface area (Å²) >= 11 is 0.763.